The predicted octanol–water partition coefficient (Wildman–Crippen LogP) is 13.3. The molecule has 7 heteroatoms. The van der Waals surface area contributed by atoms with Crippen LogP contribution >= 0.6 is 34.4 Å². The second-order valence-electron chi connectivity index (χ2n) is 12.8. The number of unbranched alkanes of at least 4 members (excludes halogenated alkanes) is 2. The van der Waals surface area contributed by atoms with Crippen LogP contribution in [0.25, 0.3) is 52.8 Å². The fourth-order valence-corrected chi connectivity index (χ4v) is 8.61. The van der Waals surface area contributed by atoms with Gasteiger partial charge >= 0.3 is 0 Å². The standard InChI is InChI=1S/C41H46N2O2S3/c1-5-8-10-28(4)26-44-32-16-12-30(13-17-32)36-22-24-38(46-36)34-20-21-35(41-40(34)42-48-43-41)39-25-23-37(47-39)31-14-18-33(19-15-31)45-27-29(7-3)11-9-6-2/h12-25,28-29H,5-11,26-27H2,1-4H3. The molecule has 0 N–H and O–H groups in total. The minimum Gasteiger partial charge on any atom is -0.493 e. The molecule has 2 atom stereocenters. The number of nitrogens with zero attached hydrogens (tertiary/aromatic N) is 2. The third kappa shape index (κ3) is 8.36. The van der Waals surface area contributed by atoms with Gasteiger partial charge < -0.3 is 9.47 Å². The molecule has 0 saturated carbocycles. The Labute approximate surface area is 298 Å². The SMILES string of the molecule is CCCCC(C)COc1ccc(-c2ccc(-c3ccc(-c4ccc(-c5ccc(OCC(CC)CCCC)cc5)s4)c4nsnc34)s2)cc1. The van der Waals surface area contributed by atoms with Crippen molar-refractivity contribution >= 4 is 45.4 Å². The van der Waals surface area contributed by atoms with Gasteiger partial charge in [-0.05, 0) is 109 Å². The van der Waals surface area contributed by atoms with Crippen LogP contribution in [0.15, 0.2) is 84.9 Å². The molecule has 6 aromatic rings. The minimum absolute atomic E-state index is 0.575. The van der Waals surface area contributed by atoms with Crippen molar-refractivity contribution in [3.05, 3.63) is 84.9 Å². The first-order chi connectivity index (χ1) is 23.6. The van der Waals surface area contributed by atoms with E-state index in [9.17, 15) is 0 Å². The average Bonchev–Trinajstić information content (AvgIpc) is 3.92. The molecule has 0 spiro atoms. The number of aromatic nitrogens is 2. The van der Waals surface area contributed by atoms with Gasteiger partial charge in [-0.2, -0.15) is 8.75 Å². The van der Waals surface area contributed by atoms with Crippen LogP contribution in [0.5, 0.6) is 11.5 Å². The molecule has 0 fully saturated rings. The zero-order valence-electron chi connectivity index (χ0n) is 28.5. The number of hydrogen-bond acceptors (Lipinski definition) is 7. The molecule has 0 aliphatic rings. The summed E-state index contributed by atoms with van der Waals surface area (Å²) in [5.41, 5.74) is 6.60. The van der Waals surface area contributed by atoms with Gasteiger partial charge in [0.15, 0.2) is 0 Å². The molecule has 3 aromatic carbocycles. The fourth-order valence-electron chi connectivity index (χ4n) is 5.96. The fraction of sp³-hybridized carbons (Fsp3) is 0.366. The number of fused-ring (bicyclic) bond motifs is 1. The van der Waals surface area contributed by atoms with E-state index in [1.807, 2.05) is 0 Å². The van der Waals surface area contributed by atoms with Crippen molar-refractivity contribution in [3.63, 3.8) is 0 Å². The Morgan fingerprint density at radius 3 is 1.54 bits per heavy atom. The van der Waals surface area contributed by atoms with Gasteiger partial charge in [0.1, 0.15) is 22.5 Å². The highest BCUT2D eigenvalue weighted by atomic mass is 32.1. The lowest BCUT2D eigenvalue weighted by molar-refractivity contribution is 0.233. The summed E-state index contributed by atoms with van der Waals surface area (Å²) in [5.74, 6) is 3.08. The first-order valence-electron chi connectivity index (χ1n) is 17.5. The Hall–Kier alpha value is -3.52. The molecule has 2 unspecified atom stereocenters. The normalized spacial score (nSPS) is 12.8. The molecule has 0 aliphatic heterocycles. The Bertz CT molecular complexity index is 1870. The molecule has 0 saturated heterocycles. The summed E-state index contributed by atoms with van der Waals surface area (Å²) in [4.78, 5) is 4.86. The van der Waals surface area contributed by atoms with Gasteiger partial charge in [0, 0.05) is 30.6 Å². The Morgan fingerprint density at radius 2 is 1.04 bits per heavy atom. The van der Waals surface area contributed by atoms with Crippen LogP contribution in [0.3, 0.4) is 0 Å². The average molecular weight is 695 g/mol. The maximum Gasteiger partial charge on any atom is 0.119 e. The lowest BCUT2D eigenvalue weighted by atomic mass is 10.0. The number of thiophene rings is 2. The zero-order chi connectivity index (χ0) is 33.3. The van der Waals surface area contributed by atoms with E-state index in [2.05, 4.69) is 113 Å². The minimum atomic E-state index is 0.575. The van der Waals surface area contributed by atoms with Gasteiger partial charge in [-0.3, -0.25) is 0 Å². The van der Waals surface area contributed by atoms with Crippen molar-refractivity contribution in [2.45, 2.75) is 72.6 Å². The van der Waals surface area contributed by atoms with E-state index in [1.165, 1.54) is 80.9 Å². The van der Waals surface area contributed by atoms with Crippen LogP contribution in [0.4, 0.5) is 0 Å². The van der Waals surface area contributed by atoms with E-state index in [4.69, 9.17) is 18.2 Å². The molecule has 0 amide bonds. The van der Waals surface area contributed by atoms with Crippen molar-refractivity contribution < 1.29 is 9.47 Å². The maximum absolute atomic E-state index is 6.15. The van der Waals surface area contributed by atoms with Gasteiger partial charge in [-0.25, -0.2) is 0 Å². The number of hydrogen-bond donors (Lipinski definition) is 0. The third-order valence-electron chi connectivity index (χ3n) is 9.05. The van der Waals surface area contributed by atoms with Gasteiger partial charge in [-0.1, -0.05) is 71.9 Å². The lowest BCUT2D eigenvalue weighted by Gasteiger charge is -2.15. The van der Waals surface area contributed by atoms with Crippen LogP contribution in [-0.4, -0.2) is 22.0 Å². The molecule has 3 aromatic heterocycles. The highest BCUT2D eigenvalue weighted by Gasteiger charge is 2.17. The Balaban J connectivity index is 1.13. The van der Waals surface area contributed by atoms with Crippen LogP contribution in [0.1, 0.15) is 72.6 Å². The molecule has 48 heavy (non-hydrogen) atoms. The van der Waals surface area contributed by atoms with Crippen LogP contribution < -0.4 is 9.47 Å². The molecule has 0 aliphatic carbocycles. The number of rotatable bonds is 17. The molecule has 0 radical (unpaired) electrons. The van der Waals surface area contributed by atoms with Crippen LogP contribution in [0.2, 0.25) is 0 Å². The monoisotopic (exact) mass is 694 g/mol. The summed E-state index contributed by atoms with van der Waals surface area (Å²) in [6.07, 6.45) is 8.62. The van der Waals surface area contributed by atoms with Crippen molar-refractivity contribution in [2.24, 2.45) is 11.8 Å². The largest absolute Gasteiger partial charge is 0.493 e. The quantitative estimate of drug-likeness (QED) is 0.0953. The second-order valence-corrected chi connectivity index (χ2v) is 15.5. The van der Waals surface area contributed by atoms with Crippen molar-refractivity contribution in [1.29, 1.82) is 0 Å². The molecule has 0 bridgehead atoms. The Morgan fingerprint density at radius 1 is 0.562 bits per heavy atom. The van der Waals surface area contributed by atoms with Gasteiger partial charge in [-0.15, -0.1) is 22.7 Å². The molecule has 4 nitrogen and oxygen atoms in total. The van der Waals surface area contributed by atoms with E-state index in [0.29, 0.717) is 11.8 Å². The lowest BCUT2D eigenvalue weighted by Crippen LogP contribution is -2.11. The van der Waals surface area contributed by atoms with Crippen molar-refractivity contribution in [1.82, 2.24) is 8.75 Å². The molecular formula is C41H46N2O2S3. The summed E-state index contributed by atoms with van der Waals surface area (Å²) < 4.78 is 21.7. The number of benzene rings is 3. The van der Waals surface area contributed by atoms with E-state index in [1.54, 1.807) is 22.7 Å². The summed E-state index contributed by atoms with van der Waals surface area (Å²) in [6.45, 7) is 10.6. The smallest absolute Gasteiger partial charge is 0.119 e. The first-order valence-corrected chi connectivity index (χ1v) is 19.8. The summed E-state index contributed by atoms with van der Waals surface area (Å²) in [7, 11) is 0. The van der Waals surface area contributed by atoms with Gasteiger partial charge in [0.25, 0.3) is 0 Å². The Kier molecular flexibility index (Phi) is 12.0. The van der Waals surface area contributed by atoms with Gasteiger partial charge in [0.05, 0.1) is 24.9 Å². The van der Waals surface area contributed by atoms with E-state index < -0.39 is 0 Å². The predicted molar refractivity (Wildman–Crippen MR) is 208 cm³/mol. The highest BCUT2D eigenvalue weighted by Crippen LogP contribution is 2.42. The summed E-state index contributed by atoms with van der Waals surface area (Å²) >= 11 is 4.87. The zero-order valence-corrected chi connectivity index (χ0v) is 31.0. The molecule has 6 rings (SSSR count). The third-order valence-corrected chi connectivity index (χ3v) is 11.9. The van der Waals surface area contributed by atoms with Crippen molar-refractivity contribution in [3.8, 4) is 53.3 Å². The van der Waals surface area contributed by atoms with Gasteiger partial charge in [0.2, 0.25) is 0 Å². The van der Waals surface area contributed by atoms with E-state index in [-0.39, 0.29) is 0 Å². The molecule has 250 valence electrons. The topological polar surface area (TPSA) is 44.2 Å². The van der Waals surface area contributed by atoms with Crippen LogP contribution in [-0.2, 0) is 0 Å². The first kappa shape index (κ1) is 34.3. The molecular weight excluding hydrogens is 649 g/mol. The van der Waals surface area contributed by atoms with E-state index >= 15 is 0 Å². The van der Waals surface area contributed by atoms with Crippen LogP contribution in [0, 0.1) is 11.8 Å². The van der Waals surface area contributed by atoms with Crippen molar-refractivity contribution in [2.75, 3.05) is 13.2 Å². The highest BCUT2D eigenvalue weighted by molar-refractivity contribution is 7.19. The van der Waals surface area contributed by atoms with E-state index in [0.717, 1.165) is 53.3 Å². The molecule has 3 heterocycles. The second kappa shape index (κ2) is 16.7. The summed E-state index contributed by atoms with van der Waals surface area (Å²) in [5, 5.41) is 0. The number of ether oxygens (including phenoxy) is 2. The summed E-state index contributed by atoms with van der Waals surface area (Å²) in [6, 6.07) is 30.3. The maximum atomic E-state index is 6.15.